The van der Waals surface area contributed by atoms with Gasteiger partial charge in [-0.05, 0) is 43.2 Å². The summed E-state index contributed by atoms with van der Waals surface area (Å²) in [5, 5.41) is 0.634. The first-order chi connectivity index (χ1) is 9.08. The molecule has 4 nitrogen and oxygen atoms in total. The smallest absolute Gasteiger partial charge is 0.207 e. The zero-order chi connectivity index (χ0) is 13.6. The highest BCUT2D eigenvalue weighted by molar-refractivity contribution is 6.32. The fraction of sp³-hybridized carbons (Fsp3) is 0.143. The van der Waals surface area contributed by atoms with Gasteiger partial charge in [0.05, 0.1) is 10.7 Å². The monoisotopic (exact) mass is 272 g/mol. The number of imidazole rings is 1. The molecule has 0 aliphatic heterocycles. The van der Waals surface area contributed by atoms with Crippen LogP contribution >= 0.6 is 11.6 Å². The van der Waals surface area contributed by atoms with Crippen molar-refractivity contribution >= 4 is 28.7 Å². The Hall–Kier alpha value is -2.07. The van der Waals surface area contributed by atoms with Crippen molar-refractivity contribution in [1.29, 1.82) is 0 Å². The lowest BCUT2D eigenvalue weighted by molar-refractivity contribution is 1.08. The van der Waals surface area contributed by atoms with Crippen molar-refractivity contribution < 1.29 is 0 Å². The summed E-state index contributed by atoms with van der Waals surface area (Å²) in [4.78, 5) is 8.74. The van der Waals surface area contributed by atoms with E-state index in [4.69, 9.17) is 17.3 Å². The number of nitrogen functional groups attached to an aromatic ring is 1. The number of hydrogen-bond acceptors (Lipinski definition) is 3. The quantitative estimate of drug-likeness (QED) is 0.740. The first kappa shape index (κ1) is 12.0. The zero-order valence-electron chi connectivity index (χ0n) is 10.7. The number of fused-ring (bicyclic) bond motifs is 1. The van der Waals surface area contributed by atoms with Gasteiger partial charge in [-0.1, -0.05) is 17.7 Å². The Balaban J connectivity index is 2.36. The maximum Gasteiger partial charge on any atom is 0.207 e. The van der Waals surface area contributed by atoms with E-state index < -0.39 is 0 Å². The average molecular weight is 273 g/mol. The third-order valence-electron chi connectivity index (χ3n) is 3.12. The van der Waals surface area contributed by atoms with Gasteiger partial charge in [-0.2, -0.15) is 0 Å². The van der Waals surface area contributed by atoms with Gasteiger partial charge in [-0.25, -0.2) is 9.97 Å². The second-order valence-electron chi connectivity index (χ2n) is 4.56. The molecule has 0 saturated heterocycles. The standard InChI is InChI=1S/C14H13ClN4/c1-8-3-4-11(10(15)7-8)19-13-12(18-14(19)16)9(2)5-6-17-13/h3-7H,1-2H3,(H2,16,18). The molecule has 0 unspecified atom stereocenters. The van der Waals surface area contributed by atoms with Crippen molar-refractivity contribution in [2.45, 2.75) is 13.8 Å². The van der Waals surface area contributed by atoms with Crippen LogP contribution in [0.2, 0.25) is 5.02 Å². The van der Waals surface area contributed by atoms with E-state index in [1.165, 1.54) is 0 Å². The fourth-order valence-corrected chi connectivity index (χ4v) is 2.46. The maximum absolute atomic E-state index is 6.30. The van der Waals surface area contributed by atoms with Gasteiger partial charge >= 0.3 is 0 Å². The Morgan fingerprint density at radius 2 is 2.00 bits per heavy atom. The second kappa shape index (κ2) is 4.24. The molecule has 0 amide bonds. The lowest BCUT2D eigenvalue weighted by Gasteiger charge is -2.08. The number of hydrogen-bond donors (Lipinski definition) is 1. The Morgan fingerprint density at radius 1 is 1.21 bits per heavy atom. The summed E-state index contributed by atoms with van der Waals surface area (Å²) < 4.78 is 1.78. The molecule has 0 atom stereocenters. The van der Waals surface area contributed by atoms with Crippen molar-refractivity contribution in [3.63, 3.8) is 0 Å². The first-order valence-corrected chi connectivity index (χ1v) is 6.32. The predicted octanol–water partition coefficient (Wildman–Crippen LogP) is 3.27. The Labute approximate surface area is 115 Å². The molecule has 5 heteroatoms. The summed E-state index contributed by atoms with van der Waals surface area (Å²) in [6.45, 7) is 3.98. The molecule has 0 bridgehead atoms. The Kier molecular flexibility index (Phi) is 2.68. The minimum Gasteiger partial charge on any atom is -0.369 e. The van der Waals surface area contributed by atoms with Crippen LogP contribution in [0.3, 0.4) is 0 Å². The lowest BCUT2D eigenvalue weighted by Crippen LogP contribution is -2.02. The fourth-order valence-electron chi connectivity index (χ4n) is 2.14. The summed E-state index contributed by atoms with van der Waals surface area (Å²) >= 11 is 6.30. The molecule has 0 fully saturated rings. The van der Waals surface area contributed by atoms with Gasteiger partial charge in [0.25, 0.3) is 0 Å². The van der Waals surface area contributed by atoms with Gasteiger partial charge in [0.15, 0.2) is 5.65 Å². The van der Waals surface area contributed by atoms with E-state index in [-0.39, 0.29) is 0 Å². The molecule has 0 saturated carbocycles. The third-order valence-corrected chi connectivity index (χ3v) is 3.42. The molecule has 96 valence electrons. The van der Waals surface area contributed by atoms with E-state index in [0.717, 1.165) is 28.0 Å². The van der Waals surface area contributed by atoms with Crippen molar-refractivity contribution in [2.24, 2.45) is 0 Å². The molecule has 3 aromatic rings. The topological polar surface area (TPSA) is 56.7 Å². The van der Waals surface area contributed by atoms with Crippen LogP contribution in [-0.2, 0) is 0 Å². The third kappa shape index (κ3) is 1.85. The van der Waals surface area contributed by atoms with Crippen LogP contribution in [0.25, 0.3) is 16.9 Å². The van der Waals surface area contributed by atoms with Crippen molar-refractivity contribution in [3.05, 3.63) is 46.6 Å². The number of benzene rings is 1. The van der Waals surface area contributed by atoms with Crippen LogP contribution in [0, 0.1) is 13.8 Å². The molecular formula is C14H13ClN4. The van der Waals surface area contributed by atoms with Gasteiger partial charge in [-0.3, -0.25) is 4.57 Å². The van der Waals surface area contributed by atoms with E-state index in [0.29, 0.717) is 11.0 Å². The van der Waals surface area contributed by atoms with E-state index in [1.807, 2.05) is 38.1 Å². The van der Waals surface area contributed by atoms with E-state index in [1.54, 1.807) is 10.8 Å². The van der Waals surface area contributed by atoms with Crippen molar-refractivity contribution in [1.82, 2.24) is 14.5 Å². The maximum atomic E-state index is 6.30. The number of aromatic nitrogens is 3. The van der Waals surface area contributed by atoms with Crippen LogP contribution < -0.4 is 5.73 Å². The molecule has 2 N–H and O–H groups in total. The number of anilines is 1. The molecule has 0 aliphatic carbocycles. The molecule has 2 aromatic heterocycles. The number of aryl methyl sites for hydroxylation is 2. The second-order valence-corrected chi connectivity index (χ2v) is 4.97. The van der Waals surface area contributed by atoms with Crippen LogP contribution in [0.5, 0.6) is 0 Å². The van der Waals surface area contributed by atoms with Crippen molar-refractivity contribution in [2.75, 3.05) is 5.73 Å². The summed E-state index contributed by atoms with van der Waals surface area (Å²) in [6, 6.07) is 7.73. The minimum atomic E-state index is 0.391. The zero-order valence-corrected chi connectivity index (χ0v) is 11.4. The van der Waals surface area contributed by atoms with Crippen LogP contribution in [-0.4, -0.2) is 14.5 Å². The molecular weight excluding hydrogens is 260 g/mol. The van der Waals surface area contributed by atoms with Crippen LogP contribution in [0.15, 0.2) is 30.5 Å². The molecule has 0 aliphatic rings. The molecule has 3 rings (SSSR count). The normalized spacial score (nSPS) is 11.1. The number of rotatable bonds is 1. The van der Waals surface area contributed by atoms with E-state index >= 15 is 0 Å². The largest absolute Gasteiger partial charge is 0.369 e. The van der Waals surface area contributed by atoms with Gasteiger partial charge in [-0.15, -0.1) is 0 Å². The number of halogens is 1. The summed E-state index contributed by atoms with van der Waals surface area (Å²) in [5.41, 5.74) is 10.5. The van der Waals surface area contributed by atoms with Gasteiger partial charge in [0.2, 0.25) is 5.95 Å². The summed E-state index contributed by atoms with van der Waals surface area (Å²) in [5.74, 6) is 0.391. The number of pyridine rings is 1. The highest BCUT2D eigenvalue weighted by Crippen LogP contribution is 2.28. The van der Waals surface area contributed by atoms with Crippen LogP contribution in [0.4, 0.5) is 5.95 Å². The van der Waals surface area contributed by atoms with E-state index in [2.05, 4.69) is 9.97 Å². The Morgan fingerprint density at radius 3 is 2.74 bits per heavy atom. The minimum absolute atomic E-state index is 0.391. The highest BCUT2D eigenvalue weighted by Gasteiger charge is 2.14. The van der Waals surface area contributed by atoms with Crippen LogP contribution in [0.1, 0.15) is 11.1 Å². The Bertz CT molecular complexity index is 776. The molecule has 0 spiro atoms. The first-order valence-electron chi connectivity index (χ1n) is 5.94. The highest BCUT2D eigenvalue weighted by atomic mass is 35.5. The molecule has 2 heterocycles. The van der Waals surface area contributed by atoms with E-state index in [9.17, 15) is 0 Å². The lowest BCUT2D eigenvalue weighted by atomic mass is 10.2. The summed E-state index contributed by atoms with van der Waals surface area (Å²) in [7, 11) is 0. The van der Waals surface area contributed by atoms with Crippen molar-refractivity contribution in [3.8, 4) is 5.69 Å². The van der Waals surface area contributed by atoms with Gasteiger partial charge in [0, 0.05) is 6.20 Å². The molecule has 1 aromatic carbocycles. The number of nitrogens with zero attached hydrogens (tertiary/aromatic N) is 3. The van der Waals surface area contributed by atoms with Gasteiger partial charge < -0.3 is 5.73 Å². The van der Waals surface area contributed by atoms with Gasteiger partial charge in [0.1, 0.15) is 5.52 Å². The summed E-state index contributed by atoms with van der Waals surface area (Å²) in [6.07, 6.45) is 1.75. The molecule has 0 radical (unpaired) electrons. The number of nitrogens with two attached hydrogens (primary N) is 1. The SMILES string of the molecule is Cc1ccc(-n2c(N)nc3c(C)ccnc32)c(Cl)c1. The average Bonchev–Trinajstić information content (AvgIpc) is 2.68. The molecule has 19 heavy (non-hydrogen) atoms. The predicted molar refractivity (Wildman–Crippen MR) is 77.8 cm³/mol.